The quantitative estimate of drug-likeness (QED) is 0.237. The first kappa shape index (κ1) is 22.0. The number of nitro benzene ring substituents is 1. The van der Waals surface area contributed by atoms with Crippen LogP contribution in [0.5, 0.6) is 5.75 Å². The molecule has 0 unspecified atom stereocenters. The number of carbonyl (C=O) groups is 1. The van der Waals surface area contributed by atoms with E-state index in [-0.39, 0.29) is 11.5 Å². The van der Waals surface area contributed by atoms with Crippen LogP contribution in [-0.4, -0.2) is 17.8 Å². The number of hydrogen-bond acceptors (Lipinski definition) is 4. The molecule has 0 spiro atoms. The highest BCUT2D eigenvalue weighted by molar-refractivity contribution is 6.59. The molecule has 0 atom stereocenters. The molecule has 0 heterocycles. The number of hydrogen-bond donors (Lipinski definition) is 0. The second-order valence-electron chi connectivity index (χ2n) is 8.10. The summed E-state index contributed by atoms with van der Waals surface area (Å²) in [4.78, 5) is 25.3. The fraction of sp³-hybridized carbons (Fsp3) is 0.0333. The van der Waals surface area contributed by atoms with Crippen molar-refractivity contribution in [2.45, 2.75) is 0 Å². The monoisotopic (exact) mass is 459 g/mol. The lowest BCUT2D eigenvalue weighted by molar-refractivity contribution is -0.384. The summed E-state index contributed by atoms with van der Waals surface area (Å²) in [6.45, 7) is 0. The Morgan fingerprint density at radius 1 is 0.600 bits per heavy atom. The Hall–Kier alpha value is -4.77. The minimum absolute atomic E-state index is 0.0305. The number of benzene rings is 4. The maximum absolute atomic E-state index is 14.1. The normalized spacial score (nSPS) is 13.3. The van der Waals surface area contributed by atoms with Gasteiger partial charge in [-0.3, -0.25) is 14.9 Å². The summed E-state index contributed by atoms with van der Waals surface area (Å²) in [6.07, 6.45) is 0. The van der Waals surface area contributed by atoms with Gasteiger partial charge in [0, 0.05) is 34.4 Å². The molecule has 0 fully saturated rings. The smallest absolute Gasteiger partial charge is 0.270 e. The first-order valence-electron chi connectivity index (χ1n) is 11.1. The molecule has 0 aromatic heterocycles. The molecule has 170 valence electrons. The van der Waals surface area contributed by atoms with Crippen molar-refractivity contribution in [3.8, 4) is 5.75 Å². The maximum Gasteiger partial charge on any atom is 0.270 e. The van der Waals surface area contributed by atoms with Crippen molar-refractivity contribution in [1.29, 1.82) is 0 Å². The zero-order valence-electron chi connectivity index (χ0n) is 19.0. The molecule has 35 heavy (non-hydrogen) atoms. The third kappa shape index (κ3) is 4.04. The van der Waals surface area contributed by atoms with E-state index < -0.39 is 4.92 Å². The summed E-state index contributed by atoms with van der Waals surface area (Å²) in [5, 5.41) is 11.6. The van der Waals surface area contributed by atoms with Crippen molar-refractivity contribution in [2.24, 2.45) is 0 Å². The highest BCUT2D eigenvalue weighted by Crippen LogP contribution is 2.50. The van der Waals surface area contributed by atoms with E-state index in [2.05, 4.69) is 0 Å². The first-order chi connectivity index (χ1) is 17.1. The van der Waals surface area contributed by atoms with Gasteiger partial charge in [0.1, 0.15) is 5.75 Å². The van der Waals surface area contributed by atoms with E-state index in [0.717, 1.165) is 22.3 Å². The van der Waals surface area contributed by atoms with E-state index in [1.165, 1.54) is 12.1 Å². The first-order valence-corrected chi connectivity index (χ1v) is 11.1. The van der Waals surface area contributed by atoms with Gasteiger partial charge < -0.3 is 4.74 Å². The van der Waals surface area contributed by atoms with Gasteiger partial charge in [-0.15, -0.1) is 0 Å². The highest BCUT2D eigenvalue weighted by Gasteiger charge is 2.35. The Morgan fingerprint density at radius 2 is 1.09 bits per heavy atom. The molecule has 0 bridgehead atoms. The topological polar surface area (TPSA) is 69.4 Å². The van der Waals surface area contributed by atoms with Crippen LogP contribution in [0.15, 0.2) is 109 Å². The second kappa shape index (κ2) is 9.23. The van der Waals surface area contributed by atoms with E-state index in [1.807, 2.05) is 91.0 Å². The van der Waals surface area contributed by atoms with Crippen LogP contribution < -0.4 is 4.74 Å². The molecule has 0 aliphatic heterocycles. The molecule has 0 N–H and O–H groups in total. The molecule has 5 heteroatoms. The van der Waals surface area contributed by atoms with E-state index in [4.69, 9.17) is 4.74 Å². The van der Waals surface area contributed by atoms with E-state index >= 15 is 0 Å². The molecule has 4 aromatic carbocycles. The summed E-state index contributed by atoms with van der Waals surface area (Å²) in [5.41, 5.74) is 5.46. The van der Waals surface area contributed by atoms with Gasteiger partial charge in [0.2, 0.25) is 0 Å². The van der Waals surface area contributed by atoms with Crippen LogP contribution in [0.3, 0.4) is 0 Å². The lowest BCUT2D eigenvalue weighted by Gasteiger charge is -2.14. The summed E-state index contributed by atoms with van der Waals surface area (Å²) < 4.78 is 5.34. The van der Waals surface area contributed by atoms with Crippen LogP contribution in [0.1, 0.15) is 22.3 Å². The van der Waals surface area contributed by atoms with Crippen LogP contribution in [0.4, 0.5) is 5.69 Å². The number of allylic oxidation sites excluding steroid dienone is 4. The highest BCUT2D eigenvalue weighted by atomic mass is 16.6. The zero-order valence-corrected chi connectivity index (χ0v) is 19.0. The lowest BCUT2D eigenvalue weighted by atomic mass is 9.89. The summed E-state index contributed by atoms with van der Waals surface area (Å²) in [6, 6.07) is 33.0. The fourth-order valence-electron chi connectivity index (χ4n) is 4.47. The van der Waals surface area contributed by atoms with Crippen molar-refractivity contribution in [3.05, 3.63) is 142 Å². The summed E-state index contributed by atoms with van der Waals surface area (Å²) in [5.74, 6) is 0.582. The van der Waals surface area contributed by atoms with Gasteiger partial charge in [-0.25, -0.2) is 0 Å². The van der Waals surface area contributed by atoms with Crippen molar-refractivity contribution in [3.63, 3.8) is 0 Å². The summed E-state index contributed by atoms with van der Waals surface area (Å²) >= 11 is 0. The molecule has 0 saturated heterocycles. The summed E-state index contributed by atoms with van der Waals surface area (Å²) in [7, 11) is 1.60. The fourth-order valence-corrected chi connectivity index (χ4v) is 4.47. The minimum atomic E-state index is -0.419. The minimum Gasteiger partial charge on any atom is -0.497 e. The van der Waals surface area contributed by atoms with Crippen LogP contribution >= 0.6 is 0 Å². The number of ether oxygens (including phenoxy) is 1. The molecule has 0 radical (unpaired) electrons. The number of rotatable bonds is 6. The predicted molar refractivity (Wildman–Crippen MR) is 138 cm³/mol. The molecular formula is C30H21NO4. The van der Waals surface area contributed by atoms with Gasteiger partial charge in [0.15, 0.2) is 5.78 Å². The third-order valence-corrected chi connectivity index (χ3v) is 6.05. The van der Waals surface area contributed by atoms with Crippen molar-refractivity contribution >= 4 is 33.8 Å². The largest absolute Gasteiger partial charge is 0.497 e. The number of nitrogens with zero attached hydrogens (tertiary/aromatic N) is 1. The number of nitro groups is 1. The van der Waals surface area contributed by atoms with Gasteiger partial charge in [0.05, 0.1) is 12.0 Å². The zero-order chi connectivity index (χ0) is 24.4. The Labute approximate surface area is 202 Å². The molecule has 5 rings (SSSR count). The van der Waals surface area contributed by atoms with Crippen LogP contribution in [0.2, 0.25) is 0 Å². The second-order valence-corrected chi connectivity index (χ2v) is 8.10. The molecular weight excluding hydrogens is 438 g/mol. The third-order valence-electron chi connectivity index (χ3n) is 6.05. The van der Waals surface area contributed by atoms with Gasteiger partial charge in [-0.1, -0.05) is 84.9 Å². The molecule has 0 saturated carbocycles. The standard InChI is InChI=1S/C30H21NO4/c1-35-25-17-15-22(16-18-25)26-27(23-13-8-14-24(19-23)31(33)34)29(21-11-6-3-7-12-21)30(32)28(26)20-9-4-2-5-10-20/h2-19H,1H3. The predicted octanol–water partition coefficient (Wildman–Crippen LogP) is 6.71. The Balaban J connectivity index is 1.87. The molecule has 0 amide bonds. The number of ketones is 1. The average Bonchev–Trinajstić information content (AvgIpc) is 3.22. The molecule has 1 aliphatic rings. The molecule has 4 aromatic rings. The van der Waals surface area contributed by atoms with Crippen LogP contribution in [0, 0.1) is 10.1 Å². The van der Waals surface area contributed by atoms with Crippen LogP contribution in [0.25, 0.3) is 22.3 Å². The van der Waals surface area contributed by atoms with Crippen LogP contribution in [-0.2, 0) is 4.79 Å². The van der Waals surface area contributed by atoms with Crippen molar-refractivity contribution in [2.75, 3.05) is 7.11 Å². The van der Waals surface area contributed by atoms with E-state index in [1.54, 1.807) is 13.2 Å². The molecule has 5 nitrogen and oxygen atoms in total. The molecule has 1 aliphatic carbocycles. The van der Waals surface area contributed by atoms with E-state index in [0.29, 0.717) is 28.0 Å². The Bertz CT molecular complexity index is 1480. The Kier molecular flexibility index (Phi) is 5.81. The van der Waals surface area contributed by atoms with Crippen molar-refractivity contribution < 1.29 is 14.5 Å². The van der Waals surface area contributed by atoms with Gasteiger partial charge >= 0.3 is 0 Å². The maximum atomic E-state index is 14.1. The SMILES string of the molecule is COc1ccc(C2=C(c3ccccc3)C(=O)C(c3ccccc3)=C2c2cccc([N+](=O)[O-])c2)cc1. The lowest BCUT2D eigenvalue weighted by Crippen LogP contribution is -2.01. The van der Waals surface area contributed by atoms with Gasteiger partial charge in [0.25, 0.3) is 5.69 Å². The number of non-ortho nitro benzene ring substituents is 1. The average molecular weight is 460 g/mol. The number of methoxy groups -OCH3 is 1. The van der Waals surface area contributed by atoms with Gasteiger partial charge in [-0.2, -0.15) is 0 Å². The number of carbonyl (C=O) groups excluding carboxylic acids is 1. The van der Waals surface area contributed by atoms with Gasteiger partial charge in [-0.05, 0) is 34.4 Å². The van der Waals surface area contributed by atoms with Crippen molar-refractivity contribution in [1.82, 2.24) is 0 Å². The number of Topliss-reactive ketones (excluding diaryl/α,β-unsaturated/α-hetero) is 1. The Morgan fingerprint density at radius 3 is 1.60 bits per heavy atom. The van der Waals surface area contributed by atoms with E-state index in [9.17, 15) is 14.9 Å².